The van der Waals surface area contributed by atoms with Crippen molar-refractivity contribution in [2.24, 2.45) is 5.92 Å². The van der Waals surface area contributed by atoms with Crippen molar-refractivity contribution in [2.75, 3.05) is 11.5 Å². The van der Waals surface area contributed by atoms with Gasteiger partial charge in [-0.2, -0.15) is 0 Å². The molecule has 1 saturated heterocycles. The summed E-state index contributed by atoms with van der Waals surface area (Å²) in [6, 6.07) is 0. The highest BCUT2D eigenvalue weighted by molar-refractivity contribution is 7.91. The maximum absolute atomic E-state index is 13.1. The van der Waals surface area contributed by atoms with Gasteiger partial charge in [-0.05, 0) is 25.7 Å². The fourth-order valence-corrected chi connectivity index (χ4v) is 3.61. The van der Waals surface area contributed by atoms with Crippen LogP contribution in [-0.4, -0.2) is 37.1 Å². The zero-order valence-electron chi connectivity index (χ0n) is 8.62. The van der Waals surface area contributed by atoms with Crippen LogP contribution in [0.25, 0.3) is 0 Å². The molecule has 6 heteroatoms. The minimum absolute atomic E-state index is 0.101. The lowest BCUT2D eigenvalue weighted by atomic mass is 9.95. The number of hydrogen-bond donors (Lipinski definition) is 1. The number of alkyl halides is 2. The molecule has 3 nitrogen and oxygen atoms in total. The molecule has 0 saturated carbocycles. The lowest BCUT2D eigenvalue weighted by Gasteiger charge is -2.27. The summed E-state index contributed by atoms with van der Waals surface area (Å²) >= 11 is 0. The molecule has 0 aliphatic carbocycles. The molecule has 1 aliphatic heterocycles. The summed E-state index contributed by atoms with van der Waals surface area (Å²) in [5.74, 6) is -3.77. The third-order valence-electron chi connectivity index (χ3n) is 2.73. The van der Waals surface area contributed by atoms with Crippen LogP contribution in [0.3, 0.4) is 0 Å². The molecule has 1 rings (SSSR count). The summed E-state index contributed by atoms with van der Waals surface area (Å²) in [5.41, 5.74) is 0. The summed E-state index contributed by atoms with van der Waals surface area (Å²) in [4.78, 5) is 0. The highest BCUT2D eigenvalue weighted by Gasteiger charge is 2.39. The van der Waals surface area contributed by atoms with Gasteiger partial charge in [0.05, 0.1) is 11.5 Å². The number of halogens is 2. The Morgan fingerprint density at radius 2 is 2.13 bits per heavy atom. The highest BCUT2D eigenvalue weighted by Crippen LogP contribution is 2.32. The summed E-state index contributed by atoms with van der Waals surface area (Å²) in [6.45, 7) is 1.03. The fraction of sp³-hybridized carbons (Fsp3) is 1.00. The van der Waals surface area contributed by atoms with E-state index in [9.17, 15) is 17.2 Å². The first kappa shape index (κ1) is 12.8. The monoisotopic (exact) mass is 242 g/mol. The van der Waals surface area contributed by atoms with Gasteiger partial charge in [0.2, 0.25) is 0 Å². The second-order valence-corrected chi connectivity index (χ2v) is 6.49. The predicted octanol–water partition coefficient (Wildman–Crippen LogP) is 1.22. The van der Waals surface area contributed by atoms with Crippen LogP contribution in [0.1, 0.15) is 26.2 Å². The van der Waals surface area contributed by atoms with Crippen molar-refractivity contribution in [3.8, 4) is 0 Å². The van der Waals surface area contributed by atoms with Crippen molar-refractivity contribution in [1.29, 1.82) is 0 Å². The van der Waals surface area contributed by atoms with Crippen LogP contribution in [0.5, 0.6) is 0 Å². The summed E-state index contributed by atoms with van der Waals surface area (Å²) in [5, 5.41) is 8.84. The molecular formula is C9H16F2O3S. The van der Waals surface area contributed by atoms with Gasteiger partial charge in [-0.3, -0.25) is 0 Å². The van der Waals surface area contributed by atoms with Crippen molar-refractivity contribution in [3.05, 3.63) is 0 Å². The predicted molar refractivity (Wildman–Crippen MR) is 52.6 cm³/mol. The topological polar surface area (TPSA) is 54.4 Å². The Morgan fingerprint density at radius 3 is 2.60 bits per heavy atom. The van der Waals surface area contributed by atoms with Crippen molar-refractivity contribution >= 4 is 9.84 Å². The van der Waals surface area contributed by atoms with E-state index >= 15 is 0 Å². The van der Waals surface area contributed by atoms with Crippen molar-refractivity contribution in [3.63, 3.8) is 0 Å². The summed E-state index contributed by atoms with van der Waals surface area (Å²) < 4.78 is 48.7. The van der Waals surface area contributed by atoms with Crippen LogP contribution >= 0.6 is 0 Å². The standard InChI is InChI=1S/C9H16F2O3S/c1-7(12)9(10,11)5-8-3-2-4-15(13,14)6-8/h7-8,12H,2-6H2,1H3. The van der Waals surface area contributed by atoms with Crippen LogP contribution in [0, 0.1) is 5.92 Å². The van der Waals surface area contributed by atoms with Crippen molar-refractivity contribution in [2.45, 2.75) is 38.2 Å². The van der Waals surface area contributed by atoms with Crippen LogP contribution in [0.15, 0.2) is 0 Å². The molecule has 1 heterocycles. The lowest BCUT2D eigenvalue weighted by molar-refractivity contribution is -0.113. The molecule has 0 aromatic rings. The summed E-state index contributed by atoms with van der Waals surface area (Å²) in [6.07, 6.45) is -1.31. The normalized spacial score (nSPS) is 28.7. The maximum atomic E-state index is 13.1. The molecule has 0 bridgehead atoms. The smallest absolute Gasteiger partial charge is 0.273 e. The zero-order chi connectivity index (χ0) is 11.7. The Kier molecular flexibility index (Phi) is 3.71. The third-order valence-corrected chi connectivity index (χ3v) is 4.62. The highest BCUT2D eigenvalue weighted by atomic mass is 32.2. The van der Waals surface area contributed by atoms with E-state index in [1.54, 1.807) is 0 Å². The second-order valence-electron chi connectivity index (χ2n) is 4.26. The molecule has 90 valence electrons. The Balaban J connectivity index is 2.59. The molecule has 1 N–H and O–H groups in total. The van der Waals surface area contributed by atoms with E-state index in [-0.39, 0.29) is 11.5 Å². The minimum Gasteiger partial charge on any atom is -0.387 e. The Labute approximate surface area is 88.4 Å². The van der Waals surface area contributed by atoms with Gasteiger partial charge in [-0.1, -0.05) is 0 Å². The van der Waals surface area contributed by atoms with E-state index in [2.05, 4.69) is 0 Å². The fourth-order valence-electron chi connectivity index (χ4n) is 1.83. The van der Waals surface area contributed by atoms with E-state index in [0.29, 0.717) is 12.8 Å². The minimum atomic E-state index is -3.18. The van der Waals surface area contributed by atoms with Gasteiger partial charge in [0, 0.05) is 6.42 Å². The van der Waals surface area contributed by atoms with E-state index in [4.69, 9.17) is 5.11 Å². The number of aliphatic hydroxyl groups is 1. The van der Waals surface area contributed by atoms with Gasteiger partial charge in [-0.15, -0.1) is 0 Å². The summed E-state index contributed by atoms with van der Waals surface area (Å²) in [7, 11) is -3.14. The van der Waals surface area contributed by atoms with Gasteiger partial charge in [0.25, 0.3) is 5.92 Å². The second kappa shape index (κ2) is 4.33. The molecule has 1 fully saturated rings. The van der Waals surface area contributed by atoms with Crippen LogP contribution < -0.4 is 0 Å². The largest absolute Gasteiger partial charge is 0.387 e. The molecule has 1 aliphatic rings. The number of rotatable bonds is 3. The Bertz CT molecular complexity index is 311. The maximum Gasteiger partial charge on any atom is 0.273 e. The van der Waals surface area contributed by atoms with E-state index < -0.39 is 34.2 Å². The zero-order valence-corrected chi connectivity index (χ0v) is 9.43. The molecule has 2 unspecified atom stereocenters. The first-order chi connectivity index (χ1) is 6.73. The molecule has 2 atom stereocenters. The third kappa shape index (κ3) is 3.68. The van der Waals surface area contributed by atoms with Crippen LogP contribution in [0.2, 0.25) is 0 Å². The SMILES string of the molecule is CC(O)C(F)(F)CC1CCCS(=O)(=O)C1. The van der Waals surface area contributed by atoms with Gasteiger partial charge in [0.1, 0.15) is 6.10 Å². The average Bonchev–Trinajstić information content (AvgIpc) is 2.00. The van der Waals surface area contributed by atoms with Crippen LogP contribution in [0.4, 0.5) is 8.78 Å². The van der Waals surface area contributed by atoms with Gasteiger partial charge < -0.3 is 5.11 Å². The molecule has 0 radical (unpaired) electrons. The van der Waals surface area contributed by atoms with Crippen LogP contribution in [-0.2, 0) is 9.84 Å². The Morgan fingerprint density at radius 1 is 1.53 bits per heavy atom. The van der Waals surface area contributed by atoms with E-state index in [0.717, 1.165) is 6.92 Å². The first-order valence-corrected chi connectivity index (χ1v) is 6.81. The molecule has 0 spiro atoms. The van der Waals surface area contributed by atoms with Gasteiger partial charge in [-0.25, -0.2) is 17.2 Å². The average molecular weight is 242 g/mol. The lowest BCUT2D eigenvalue weighted by Crippen LogP contribution is -2.36. The number of hydrogen-bond acceptors (Lipinski definition) is 3. The number of aliphatic hydroxyl groups excluding tert-OH is 1. The number of sulfone groups is 1. The Hall–Kier alpha value is -0.230. The van der Waals surface area contributed by atoms with Gasteiger partial charge >= 0.3 is 0 Å². The first-order valence-electron chi connectivity index (χ1n) is 4.99. The molecular weight excluding hydrogens is 226 g/mol. The van der Waals surface area contributed by atoms with Crippen molar-refractivity contribution < 1.29 is 22.3 Å². The quantitative estimate of drug-likeness (QED) is 0.809. The molecule has 0 aromatic heterocycles. The van der Waals surface area contributed by atoms with E-state index in [1.807, 2.05) is 0 Å². The molecule has 0 amide bonds. The molecule has 15 heavy (non-hydrogen) atoms. The van der Waals surface area contributed by atoms with Crippen molar-refractivity contribution in [1.82, 2.24) is 0 Å². The van der Waals surface area contributed by atoms with Gasteiger partial charge in [0.15, 0.2) is 9.84 Å². The molecule has 0 aromatic carbocycles. The van der Waals surface area contributed by atoms with E-state index in [1.165, 1.54) is 0 Å².